The van der Waals surface area contributed by atoms with E-state index in [1.807, 2.05) is 14.1 Å². The van der Waals surface area contributed by atoms with Gasteiger partial charge in [0.2, 0.25) is 11.7 Å². The Kier molecular flexibility index (Phi) is 4.77. The number of piperazine rings is 1. The van der Waals surface area contributed by atoms with E-state index in [0.717, 1.165) is 19.6 Å². The molecule has 1 saturated heterocycles. The number of alkyl halides is 2. The van der Waals surface area contributed by atoms with Crippen LogP contribution in [0.25, 0.3) is 0 Å². The smallest absolute Gasteiger partial charge is 0.296 e. The van der Waals surface area contributed by atoms with E-state index in [1.54, 1.807) is 0 Å². The summed E-state index contributed by atoms with van der Waals surface area (Å²) in [4.78, 5) is 19.3. The van der Waals surface area contributed by atoms with Crippen LogP contribution in [0, 0.1) is 0 Å². The molecule has 0 aromatic carbocycles. The number of hydrogen-bond donors (Lipinski definition) is 0. The first-order valence-corrected chi connectivity index (χ1v) is 6.47. The maximum absolute atomic E-state index is 12.1. The molecule has 6 nitrogen and oxygen atoms in total. The number of Topliss-reactive ketones (excluding diaryl/α,β-unsaturated/α-hetero) is 1. The minimum absolute atomic E-state index is 0.0443. The van der Waals surface area contributed by atoms with Crippen LogP contribution in [-0.4, -0.2) is 71.9 Å². The molecular formula is C12H18F2N4O2. The zero-order valence-corrected chi connectivity index (χ0v) is 11.6. The Morgan fingerprint density at radius 1 is 1.45 bits per heavy atom. The van der Waals surface area contributed by atoms with Crippen LogP contribution in [0.1, 0.15) is 11.7 Å². The predicted molar refractivity (Wildman–Crippen MR) is 66.6 cm³/mol. The van der Waals surface area contributed by atoms with Gasteiger partial charge in [0.15, 0.2) is 5.82 Å². The van der Waals surface area contributed by atoms with Gasteiger partial charge in [-0.2, -0.15) is 4.98 Å². The molecule has 1 aliphatic heterocycles. The van der Waals surface area contributed by atoms with Gasteiger partial charge in [0, 0.05) is 32.1 Å². The van der Waals surface area contributed by atoms with Gasteiger partial charge < -0.3 is 14.3 Å². The van der Waals surface area contributed by atoms with Crippen LogP contribution in [0.4, 0.5) is 8.78 Å². The lowest BCUT2D eigenvalue weighted by Gasteiger charge is -2.37. The van der Waals surface area contributed by atoms with Gasteiger partial charge in [-0.05, 0) is 14.1 Å². The standard InChI is InChI=1S/C12H18F2N4O2/c1-17-3-4-18(2)8(7-17)5-10-15-11(20-16-10)6-9(19)12(13)14/h8,12H,3-7H2,1-2H3. The third-order valence-electron chi connectivity index (χ3n) is 3.48. The molecule has 0 bridgehead atoms. The van der Waals surface area contributed by atoms with Gasteiger partial charge >= 0.3 is 0 Å². The Morgan fingerprint density at radius 3 is 2.90 bits per heavy atom. The molecule has 1 aromatic heterocycles. The van der Waals surface area contributed by atoms with Crippen molar-refractivity contribution in [2.75, 3.05) is 33.7 Å². The van der Waals surface area contributed by atoms with Gasteiger partial charge in [-0.25, -0.2) is 8.78 Å². The summed E-state index contributed by atoms with van der Waals surface area (Å²) in [6.45, 7) is 2.85. The summed E-state index contributed by atoms with van der Waals surface area (Å²) in [6.07, 6.45) is -2.93. The molecule has 0 saturated carbocycles. The molecule has 20 heavy (non-hydrogen) atoms. The lowest BCUT2D eigenvalue weighted by Crippen LogP contribution is -2.50. The number of carbonyl (C=O) groups excluding carboxylic acids is 1. The lowest BCUT2D eigenvalue weighted by molar-refractivity contribution is -0.129. The van der Waals surface area contributed by atoms with E-state index >= 15 is 0 Å². The molecule has 112 valence electrons. The van der Waals surface area contributed by atoms with E-state index in [0.29, 0.717) is 12.2 Å². The molecule has 0 amide bonds. The molecule has 1 unspecified atom stereocenters. The Bertz CT molecular complexity index is 466. The van der Waals surface area contributed by atoms with Crippen molar-refractivity contribution < 1.29 is 18.1 Å². The highest BCUT2D eigenvalue weighted by Crippen LogP contribution is 2.11. The number of carbonyl (C=O) groups is 1. The minimum atomic E-state index is -3.00. The minimum Gasteiger partial charge on any atom is -0.339 e. The molecule has 1 aromatic rings. The van der Waals surface area contributed by atoms with Gasteiger partial charge in [0.25, 0.3) is 6.43 Å². The van der Waals surface area contributed by atoms with Crippen LogP contribution < -0.4 is 0 Å². The number of hydrogen-bond acceptors (Lipinski definition) is 6. The second-order valence-electron chi connectivity index (χ2n) is 5.15. The van der Waals surface area contributed by atoms with Crippen LogP contribution in [0.2, 0.25) is 0 Å². The fourth-order valence-electron chi connectivity index (χ4n) is 2.20. The highest BCUT2D eigenvalue weighted by molar-refractivity contribution is 5.82. The van der Waals surface area contributed by atoms with E-state index in [9.17, 15) is 13.6 Å². The second kappa shape index (κ2) is 6.36. The van der Waals surface area contributed by atoms with E-state index in [2.05, 4.69) is 19.9 Å². The van der Waals surface area contributed by atoms with E-state index < -0.39 is 18.6 Å². The Balaban J connectivity index is 1.93. The average molecular weight is 288 g/mol. The summed E-state index contributed by atoms with van der Waals surface area (Å²) in [5, 5.41) is 3.75. The Labute approximate surface area is 115 Å². The van der Waals surface area contributed by atoms with Crippen LogP contribution >= 0.6 is 0 Å². The maximum atomic E-state index is 12.1. The molecule has 8 heteroatoms. The predicted octanol–water partition coefficient (Wildman–Crippen LogP) is 0.235. The van der Waals surface area contributed by atoms with Crippen LogP contribution in [0.15, 0.2) is 4.52 Å². The largest absolute Gasteiger partial charge is 0.339 e. The molecule has 0 N–H and O–H groups in total. The fourth-order valence-corrected chi connectivity index (χ4v) is 2.20. The summed E-state index contributed by atoms with van der Waals surface area (Å²) in [5.41, 5.74) is 0. The van der Waals surface area contributed by atoms with Crippen molar-refractivity contribution in [2.45, 2.75) is 25.3 Å². The Hall–Kier alpha value is -1.41. The second-order valence-corrected chi connectivity index (χ2v) is 5.15. The summed E-state index contributed by atoms with van der Waals surface area (Å²) in [7, 11) is 4.07. The van der Waals surface area contributed by atoms with Gasteiger partial charge in [0.05, 0.1) is 6.42 Å². The van der Waals surface area contributed by atoms with Crippen molar-refractivity contribution in [3.05, 3.63) is 11.7 Å². The van der Waals surface area contributed by atoms with E-state index in [4.69, 9.17) is 4.52 Å². The van der Waals surface area contributed by atoms with Crippen molar-refractivity contribution in [3.63, 3.8) is 0 Å². The highest BCUT2D eigenvalue weighted by atomic mass is 19.3. The summed E-state index contributed by atoms with van der Waals surface area (Å²) in [5.74, 6) is -0.791. The number of halogens is 2. The van der Waals surface area contributed by atoms with Crippen molar-refractivity contribution in [3.8, 4) is 0 Å². The first-order chi connectivity index (χ1) is 9.45. The SMILES string of the molecule is CN1CCN(C)C(Cc2noc(CC(=O)C(F)F)n2)C1. The summed E-state index contributed by atoms with van der Waals surface area (Å²) in [6, 6.07) is 0.255. The molecule has 1 aliphatic rings. The molecule has 1 fully saturated rings. The molecule has 0 radical (unpaired) electrons. The van der Waals surface area contributed by atoms with Crippen molar-refractivity contribution >= 4 is 5.78 Å². The first kappa shape index (κ1) is 15.0. The average Bonchev–Trinajstić information content (AvgIpc) is 2.81. The van der Waals surface area contributed by atoms with Gasteiger partial charge in [-0.1, -0.05) is 5.16 Å². The topological polar surface area (TPSA) is 62.5 Å². The third kappa shape index (κ3) is 3.80. The third-order valence-corrected chi connectivity index (χ3v) is 3.48. The number of ketones is 1. The quantitative estimate of drug-likeness (QED) is 0.773. The molecule has 1 atom stereocenters. The van der Waals surface area contributed by atoms with Crippen molar-refractivity contribution in [1.82, 2.24) is 19.9 Å². The van der Waals surface area contributed by atoms with Crippen LogP contribution in [0.5, 0.6) is 0 Å². The number of nitrogens with zero attached hydrogens (tertiary/aromatic N) is 4. The lowest BCUT2D eigenvalue weighted by atomic mass is 10.1. The van der Waals surface area contributed by atoms with E-state index in [1.165, 1.54) is 0 Å². The zero-order valence-electron chi connectivity index (χ0n) is 11.6. The van der Waals surface area contributed by atoms with Crippen LogP contribution in [-0.2, 0) is 17.6 Å². The molecule has 0 aliphatic carbocycles. The maximum Gasteiger partial charge on any atom is 0.296 e. The highest BCUT2D eigenvalue weighted by Gasteiger charge is 2.25. The first-order valence-electron chi connectivity index (χ1n) is 6.47. The van der Waals surface area contributed by atoms with Gasteiger partial charge in [-0.15, -0.1) is 0 Å². The van der Waals surface area contributed by atoms with Crippen molar-refractivity contribution in [2.24, 2.45) is 0 Å². The molecule has 0 spiro atoms. The normalized spacial score (nSPS) is 21.6. The number of rotatable bonds is 5. The Morgan fingerprint density at radius 2 is 2.20 bits per heavy atom. The number of likely N-dealkylation sites (N-methyl/N-ethyl adjacent to an activating group) is 2. The molecule has 2 rings (SSSR count). The van der Waals surface area contributed by atoms with Gasteiger partial charge in [-0.3, -0.25) is 4.79 Å². The summed E-state index contributed by atoms with van der Waals surface area (Å²) < 4.78 is 29.1. The molecule has 2 heterocycles. The fraction of sp³-hybridized carbons (Fsp3) is 0.750. The van der Waals surface area contributed by atoms with E-state index in [-0.39, 0.29) is 11.9 Å². The van der Waals surface area contributed by atoms with Crippen LogP contribution in [0.3, 0.4) is 0 Å². The zero-order chi connectivity index (χ0) is 14.7. The number of aromatic nitrogens is 2. The summed E-state index contributed by atoms with van der Waals surface area (Å²) >= 11 is 0. The van der Waals surface area contributed by atoms with Crippen molar-refractivity contribution in [1.29, 1.82) is 0 Å². The molecular weight excluding hydrogens is 270 g/mol. The monoisotopic (exact) mass is 288 g/mol. The van der Waals surface area contributed by atoms with Gasteiger partial charge in [0.1, 0.15) is 0 Å².